The molecule has 9 rings (SSSR count). The first-order valence-corrected chi connectivity index (χ1v) is 15.1. The molecule has 1 heterocycles. The Hall–Kier alpha value is -5.27. The largest absolute Gasteiger partial charge is 0.247 e. The third-order valence-corrected chi connectivity index (χ3v) is 9.65. The summed E-state index contributed by atoms with van der Waals surface area (Å²) in [5.74, 6) is 0. The van der Waals surface area contributed by atoms with Crippen molar-refractivity contribution >= 4 is 43.2 Å². The minimum absolute atomic E-state index is 0.0467. The topological polar surface area (TPSA) is 12.9 Å². The van der Waals surface area contributed by atoms with Crippen LogP contribution in [0.5, 0.6) is 0 Å². The van der Waals surface area contributed by atoms with Gasteiger partial charge in [0.2, 0.25) is 0 Å². The van der Waals surface area contributed by atoms with E-state index in [1.807, 2.05) is 0 Å². The highest BCUT2D eigenvalue weighted by Crippen LogP contribution is 2.53. The molecule has 0 bridgehead atoms. The number of benzene rings is 7. The van der Waals surface area contributed by atoms with Gasteiger partial charge in [0, 0.05) is 27.1 Å². The lowest BCUT2D eigenvalue weighted by atomic mass is 9.81. The van der Waals surface area contributed by atoms with Crippen LogP contribution in [0.2, 0.25) is 0 Å². The Morgan fingerprint density at radius 3 is 1.95 bits per heavy atom. The second kappa shape index (κ2) is 8.86. The van der Waals surface area contributed by atoms with E-state index < -0.39 is 0 Å². The summed E-state index contributed by atoms with van der Waals surface area (Å²) >= 11 is 0. The Morgan fingerprint density at radius 1 is 0.465 bits per heavy atom. The monoisotopic (exact) mass is 547 g/mol. The van der Waals surface area contributed by atoms with E-state index in [1.54, 1.807) is 0 Å². The lowest BCUT2D eigenvalue weighted by molar-refractivity contribution is 0.661. The van der Waals surface area contributed by atoms with E-state index >= 15 is 0 Å². The van der Waals surface area contributed by atoms with Crippen LogP contribution >= 0.6 is 0 Å². The molecule has 202 valence electrons. The van der Waals surface area contributed by atoms with E-state index in [9.17, 15) is 0 Å². The normalized spacial score (nSPS) is 13.5. The molecule has 1 heteroatoms. The van der Waals surface area contributed by atoms with Crippen LogP contribution < -0.4 is 0 Å². The predicted molar refractivity (Wildman–Crippen MR) is 183 cm³/mol. The maximum Gasteiger partial charge on any atom is 0.0788 e. The molecular formula is C42H29N. The highest BCUT2D eigenvalue weighted by molar-refractivity contribution is 6.19. The first-order chi connectivity index (χ1) is 21.1. The maximum absolute atomic E-state index is 5.28. The first-order valence-electron chi connectivity index (χ1n) is 15.1. The number of aromatic nitrogens is 1. The summed E-state index contributed by atoms with van der Waals surface area (Å²) in [5, 5.41) is 8.85. The minimum Gasteiger partial charge on any atom is -0.247 e. The summed E-state index contributed by atoms with van der Waals surface area (Å²) in [5.41, 5.74) is 11.1. The third kappa shape index (κ3) is 3.43. The van der Waals surface area contributed by atoms with Gasteiger partial charge >= 0.3 is 0 Å². The van der Waals surface area contributed by atoms with Crippen LogP contribution in [0.25, 0.3) is 76.7 Å². The van der Waals surface area contributed by atoms with Crippen molar-refractivity contribution in [2.45, 2.75) is 19.3 Å². The number of fused-ring (bicyclic) bond motifs is 10. The van der Waals surface area contributed by atoms with Crippen molar-refractivity contribution in [3.05, 3.63) is 151 Å². The summed E-state index contributed by atoms with van der Waals surface area (Å²) < 4.78 is 0. The molecule has 1 aliphatic carbocycles. The van der Waals surface area contributed by atoms with E-state index in [0.717, 1.165) is 16.8 Å². The summed E-state index contributed by atoms with van der Waals surface area (Å²) in [6, 6.07) is 51.0. The average molecular weight is 548 g/mol. The van der Waals surface area contributed by atoms with Crippen LogP contribution in [0.1, 0.15) is 25.0 Å². The lowest BCUT2D eigenvalue weighted by Crippen LogP contribution is -2.14. The smallest absolute Gasteiger partial charge is 0.0788 e. The van der Waals surface area contributed by atoms with Gasteiger partial charge in [0.15, 0.2) is 0 Å². The molecule has 0 unspecified atom stereocenters. The maximum atomic E-state index is 5.28. The molecule has 0 fully saturated rings. The quantitative estimate of drug-likeness (QED) is 0.196. The molecule has 0 amide bonds. The molecule has 1 nitrogen and oxygen atoms in total. The first kappa shape index (κ1) is 24.3. The Labute approximate surface area is 251 Å². The molecule has 0 N–H and O–H groups in total. The summed E-state index contributed by atoms with van der Waals surface area (Å²) in [6.45, 7) is 4.70. The average Bonchev–Trinajstić information content (AvgIpc) is 3.30. The molecule has 8 aromatic rings. The molecule has 1 aromatic heterocycles. The molecule has 0 saturated carbocycles. The van der Waals surface area contributed by atoms with Gasteiger partial charge in [-0.05, 0) is 67.1 Å². The van der Waals surface area contributed by atoms with E-state index in [1.165, 1.54) is 71.1 Å². The summed E-state index contributed by atoms with van der Waals surface area (Å²) in [6.07, 6.45) is 0. The molecule has 1 aliphatic rings. The molecule has 0 radical (unpaired) electrons. The zero-order valence-electron chi connectivity index (χ0n) is 24.2. The van der Waals surface area contributed by atoms with Crippen molar-refractivity contribution in [1.29, 1.82) is 0 Å². The van der Waals surface area contributed by atoms with Crippen molar-refractivity contribution in [3.63, 3.8) is 0 Å². The second-order valence-electron chi connectivity index (χ2n) is 12.3. The number of hydrogen-bond acceptors (Lipinski definition) is 1. The molecular weight excluding hydrogens is 518 g/mol. The highest BCUT2D eigenvalue weighted by Gasteiger charge is 2.36. The van der Waals surface area contributed by atoms with Gasteiger partial charge in [0.1, 0.15) is 0 Å². The fourth-order valence-electron chi connectivity index (χ4n) is 7.56. The Kier molecular flexibility index (Phi) is 5.02. The van der Waals surface area contributed by atoms with Gasteiger partial charge in [0.25, 0.3) is 0 Å². The van der Waals surface area contributed by atoms with Gasteiger partial charge < -0.3 is 0 Å². The van der Waals surface area contributed by atoms with Crippen LogP contribution in [0.15, 0.2) is 140 Å². The SMILES string of the molecule is CC1(C)c2ccccc2-c2c1ccc1c(-c3ccc(-c4cc5ccccc5c5ccccc45)cc3)nc3ccccc3c21. The van der Waals surface area contributed by atoms with Crippen molar-refractivity contribution in [1.82, 2.24) is 4.98 Å². The molecule has 0 saturated heterocycles. The van der Waals surface area contributed by atoms with E-state index in [4.69, 9.17) is 4.98 Å². The number of hydrogen-bond donors (Lipinski definition) is 0. The summed E-state index contributed by atoms with van der Waals surface area (Å²) in [7, 11) is 0. The van der Waals surface area contributed by atoms with Crippen LogP contribution in [0.3, 0.4) is 0 Å². The molecule has 7 aromatic carbocycles. The van der Waals surface area contributed by atoms with Gasteiger partial charge in [-0.1, -0.05) is 141 Å². The summed E-state index contributed by atoms with van der Waals surface area (Å²) in [4.78, 5) is 5.28. The van der Waals surface area contributed by atoms with Crippen LogP contribution in [-0.2, 0) is 5.41 Å². The van der Waals surface area contributed by atoms with Crippen LogP contribution in [0.4, 0.5) is 0 Å². The molecule has 0 aliphatic heterocycles. The third-order valence-electron chi connectivity index (χ3n) is 9.65. The number of nitrogens with zero attached hydrogens (tertiary/aromatic N) is 1. The van der Waals surface area contributed by atoms with Crippen LogP contribution in [-0.4, -0.2) is 4.98 Å². The second-order valence-corrected chi connectivity index (χ2v) is 12.3. The zero-order valence-corrected chi connectivity index (χ0v) is 24.2. The number of rotatable bonds is 2. The van der Waals surface area contributed by atoms with Gasteiger partial charge in [-0.3, -0.25) is 0 Å². The van der Waals surface area contributed by atoms with Gasteiger partial charge in [-0.15, -0.1) is 0 Å². The Morgan fingerprint density at radius 2 is 1.12 bits per heavy atom. The van der Waals surface area contributed by atoms with E-state index in [0.29, 0.717) is 0 Å². The van der Waals surface area contributed by atoms with E-state index in [-0.39, 0.29) is 5.41 Å². The lowest BCUT2D eigenvalue weighted by Gasteiger charge is -2.22. The van der Waals surface area contributed by atoms with Crippen molar-refractivity contribution in [3.8, 4) is 33.5 Å². The zero-order chi connectivity index (χ0) is 28.7. The van der Waals surface area contributed by atoms with Gasteiger partial charge in [-0.25, -0.2) is 4.98 Å². The molecule has 0 spiro atoms. The number of pyridine rings is 1. The number of para-hydroxylation sites is 1. The van der Waals surface area contributed by atoms with E-state index in [2.05, 4.69) is 153 Å². The fraction of sp³-hybridized carbons (Fsp3) is 0.0714. The van der Waals surface area contributed by atoms with Gasteiger partial charge in [0.05, 0.1) is 11.2 Å². The van der Waals surface area contributed by atoms with Crippen molar-refractivity contribution in [2.24, 2.45) is 0 Å². The Bertz CT molecular complexity index is 2410. The standard InChI is InChI=1S/C42H29N/c1-42(2)36-17-9-7-15-32(36)40-37(42)24-23-34-39(40)33-16-8-10-18-38(33)43-41(34)27-21-19-26(20-22-27)35-25-28-11-3-4-12-29(28)30-13-5-6-14-31(30)35/h3-25H,1-2H3. The predicted octanol–water partition coefficient (Wildman–Crippen LogP) is 11.3. The highest BCUT2D eigenvalue weighted by atomic mass is 14.7. The molecule has 43 heavy (non-hydrogen) atoms. The Balaban J connectivity index is 1.28. The van der Waals surface area contributed by atoms with Crippen LogP contribution in [0, 0.1) is 0 Å². The fourth-order valence-corrected chi connectivity index (χ4v) is 7.56. The van der Waals surface area contributed by atoms with Crippen molar-refractivity contribution < 1.29 is 0 Å². The minimum atomic E-state index is -0.0467. The van der Waals surface area contributed by atoms with Crippen molar-refractivity contribution in [2.75, 3.05) is 0 Å². The van der Waals surface area contributed by atoms with Gasteiger partial charge in [-0.2, -0.15) is 0 Å². The molecule has 0 atom stereocenters.